The summed E-state index contributed by atoms with van der Waals surface area (Å²) in [7, 11) is 0. The summed E-state index contributed by atoms with van der Waals surface area (Å²) >= 11 is 13.4. The third-order valence-corrected chi connectivity index (χ3v) is 5.06. The fourth-order valence-electron chi connectivity index (χ4n) is 2.19. The maximum atomic E-state index is 12.2. The van der Waals surface area contributed by atoms with Crippen LogP contribution in [0.4, 0.5) is 5.69 Å². The molecule has 128 valence electrons. The van der Waals surface area contributed by atoms with Gasteiger partial charge in [0.2, 0.25) is 5.91 Å². The number of nitrogens with one attached hydrogen (secondary N) is 1. The first-order valence-electron chi connectivity index (χ1n) is 7.38. The average Bonchev–Trinajstić information content (AvgIpc) is 3.06. The normalized spacial score (nSPS) is 10.7. The van der Waals surface area contributed by atoms with E-state index in [-0.39, 0.29) is 11.7 Å². The second kappa shape index (κ2) is 7.91. The molecule has 0 saturated carbocycles. The number of halogens is 2. The van der Waals surface area contributed by atoms with E-state index in [9.17, 15) is 4.79 Å². The second-order valence-electron chi connectivity index (χ2n) is 5.21. The van der Waals surface area contributed by atoms with Crippen LogP contribution in [0.5, 0.6) is 0 Å². The molecule has 25 heavy (non-hydrogen) atoms. The molecule has 0 atom stereocenters. The number of anilines is 1. The smallest absolute Gasteiger partial charge is 0.234 e. The topological polar surface area (TPSA) is 59.8 Å². The molecule has 0 fully saturated rings. The van der Waals surface area contributed by atoms with E-state index in [0.717, 1.165) is 11.3 Å². The highest BCUT2D eigenvalue weighted by atomic mass is 35.5. The zero-order valence-corrected chi connectivity index (χ0v) is 15.6. The fraction of sp³-hybridized carbons (Fsp3) is 0.118. The highest BCUT2D eigenvalue weighted by molar-refractivity contribution is 7.99. The van der Waals surface area contributed by atoms with Crippen molar-refractivity contribution in [3.05, 3.63) is 64.4 Å². The van der Waals surface area contributed by atoms with E-state index in [1.807, 2.05) is 31.2 Å². The van der Waals surface area contributed by atoms with Crippen LogP contribution in [0.3, 0.4) is 0 Å². The molecule has 3 aromatic rings. The van der Waals surface area contributed by atoms with E-state index in [2.05, 4.69) is 15.5 Å². The van der Waals surface area contributed by atoms with Gasteiger partial charge in [0.15, 0.2) is 5.16 Å². The van der Waals surface area contributed by atoms with Gasteiger partial charge in [0.25, 0.3) is 0 Å². The molecule has 8 heteroatoms. The quantitative estimate of drug-likeness (QED) is 0.643. The van der Waals surface area contributed by atoms with E-state index >= 15 is 0 Å². The average molecular weight is 393 g/mol. The summed E-state index contributed by atoms with van der Waals surface area (Å²) in [6.07, 6.45) is 1.59. The first kappa shape index (κ1) is 17.8. The minimum atomic E-state index is -0.143. The number of carbonyl (C=O) groups excluding carboxylic acids is 1. The summed E-state index contributed by atoms with van der Waals surface area (Å²) in [5, 5.41) is 12.7. The largest absolute Gasteiger partial charge is 0.325 e. The van der Waals surface area contributed by atoms with Gasteiger partial charge in [0, 0.05) is 15.7 Å². The predicted octanol–water partition coefficient (Wildman–Crippen LogP) is 4.61. The molecule has 0 saturated heterocycles. The number of aromatic nitrogens is 3. The van der Waals surface area contributed by atoms with E-state index in [0.29, 0.717) is 20.9 Å². The molecule has 1 amide bonds. The molecule has 0 bridgehead atoms. The molecule has 0 aliphatic rings. The van der Waals surface area contributed by atoms with Gasteiger partial charge >= 0.3 is 0 Å². The van der Waals surface area contributed by atoms with E-state index in [4.69, 9.17) is 23.2 Å². The van der Waals surface area contributed by atoms with Crippen molar-refractivity contribution < 1.29 is 4.79 Å². The van der Waals surface area contributed by atoms with Gasteiger partial charge in [0.1, 0.15) is 6.33 Å². The van der Waals surface area contributed by atoms with Crippen molar-refractivity contribution in [3.63, 3.8) is 0 Å². The fourth-order valence-corrected chi connectivity index (χ4v) is 3.27. The molecule has 1 aromatic heterocycles. The Morgan fingerprint density at radius 1 is 1.24 bits per heavy atom. The van der Waals surface area contributed by atoms with Crippen LogP contribution in [-0.4, -0.2) is 26.4 Å². The minimum Gasteiger partial charge on any atom is -0.325 e. The van der Waals surface area contributed by atoms with Crippen LogP contribution in [0, 0.1) is 6.92 Å². The Kier molecular flexibility index (Phi) is 5.63. The summed E-state index contributed by atoms with van der Waals surface area (Å²) in [6, 6.07) is 12.8. The number of hydrogen-bond acceptors (Lipinski definition) is 4. The molecule has 3 rings (SSSR count). The maximum Gasteiger partial charge on any atom is 0.234 e. The van der Waals surface area contributed by atoms with Crippen LogP contribution >= 0.6 is 35.0 Å². The van der Waals surface area contributed by atoms with E-state index in [1.165, 1.54) is 11.8 Å². The molecule has 0 spiro atoms. The molecule has 0 aliphatic carbocycles. The van der Waals surface area contributed by atoms with Gasteiger partial charge in [-0.1, -0.05) is 47.1 Å². The van der Waals surface area contributed by atoms with Crippen LogP contribution in [0.1, 0.15) is 5.56 Å². The van der Waals surface area contributed by atoms with Crippen LogP contribution < -0.4 is 5.32 Å². The van der Waals surface area contributed by atoms with Crippen molar-refractivity contribution in [1.29, 1.82) is 0 Å². The van der Waals surface area contributed by atoms with Crippen LogP contribution in [-0.2, 0) is 4.79 Å². The molecule has 0 radical (unpaired) electrons. The Morgan fingerprint density at radius 3 is 2.84 bits per heavy atom. The summed E-state index contributed by atoms with van der Waals surface area (Å²) in [5.41, 5.74) is 2.38. The molecule has 5 nitrogen and oxygen atoms in total. The summed E-state index contributed by atoms with van der Waals surface area (Å²) in [5.74, 6) is 0.0570. The lowest BCUT2D eigenvalue weighted by atomic mass is 10.2. The molecular formula is C17H14Cl2N4OS. The number of carbonyl (C=O) groups is 1. The van der Waals surface area contributed by atoms with Crippen LogP contribution in [0.25, 0.3) is 5.69 Å². The van der Waals surface area contributed by atoms with Crippen molar-refractivity contribution in [2.24, 2.45) is 0 Å². The highest BCUT2D eigenvalue weighted by Gasteiger charge is 2.12. The lowest BCUT2D eigenvalue weighted by Gasteiger charge is -2.10. The van der Waals surface area contributed by atoms with Gasteiger partial charge in [-0.2, -0.15) is 0 Å². The van der Waals surface area contributed by atoms with E-state index in [1.54, 1.807) is 29.1 Å². The first-order chi connectivity index (χ1) is 12.0. The number of hydrogen-bond donors (Lipinski definition) is 1. The lowest BCUT2D eigenvalue weighted by Crippen LogP contribution is -2.15. The minimum absolute atomic E-state index is 0.143. The van der Waals surface area contributed by atoms with Crippen molar-refractivity contribution in [3.8, 4) is 5.69 Å². The zero-order valence-electron chi connectivity index (χ0n) is 13.2. The molecule has 2 aromatic carbocycles. The SMILES string of the molecule is Cc1c(Cl)cccc1NC(=O)CSc1nncn1-c1cccc(Cl)c1. The number of amides is 1. The standard InChI is InChI=1S/C17H14Cl2N4OS/c1-11-14(19)6-3-7-15(11)21-16(24)9-25-17-22-20-10-23(17)13-5-2-4-12(18)8-13/h2-8,10H,9H2,1H3,(H,21,24). The lowest BCUT2D eigenvalue weighted by molar-refractivity contribution is -0.113. The Morgan fingerprint density at radius 2 is 2.04 bits per heavy atom. The number of benzene rings is 2. The Labute approximate surface area is 159 Å². The third kappa shape index (κ3) is 4.34. The van der Waals surface area contributed by atoms with E-state index < -0.39 is 0 Å². The summed E-state index contributed by atoms with van der Waals surface area (Å²) < 4.78 is 1.79. The van der Waals surface area contributed by atoms with Crippen LogP contribution in [0.2, 0.25) is 10.0 Å². The Hall–Kier alpha value is -2.02. The summed E-state index contributed by atoms with van der Waals surface area (Å²) in [6.45, 7) is 1.86. The Bertz CT molecular complexity index is 913. The highest BCUT2D eigenvalue weighted by Crippen LogP contribution is 2.24. The molecule has 1 heterocycles. The number of thioether (sulfide) groups is 1. The first-order valence-corrected chi connectivity index (χ1v) is 9.12. The molecule has 0 aliphatic heterocycles. The van der Waals surface area contributed by atoms with Gasteiger partial charge in [-0.3, -0.25) is 9.36 Å². The molecular weight excluding hydrogens is 379 g/mol. The Balaban J connectivity index is 1.67. The van der Waals surface area contributed by atoms with Crippen LogP contribution in [0.15, 0.2) is 53.9 Å². The number of nitrogens with zero attached hydrogens (tertiary/aromatic N) is 3. The molecule has 1 N–H and O–H groups in total. The molecule has 0 unspecified atom stereocenters. The van der Waals surface area contributed by atoms with Gasteiger partial charge in [0.05, 0.1) is 11.4 Å². The van der Waals surface area contributed by atoms with Crippen molar-refractivity contribution in [1.82, 2.24) is 14.8 Å². The van der Waals surface area contributed by atoms with Gasteiger partial charge in [-0.05, 0) is 42.8 Å². The predicted molar refractivity (Wildman–Crippen MR) is 102 cm³/mol. The van der Waals surface area contributed by atoms with Crippen molar-refractivity contribution in [2.45, 2.75) is 12.1 Å². The zero-order chi connectivity index (χ0) is 17.8. The third-order valence-electron chi connectivity index (χ3n) is 3.48. The maximum absolute atomic E-state index is 12.2. The van der Waals surface area contributed by atoms with Gasteiger partial charge in [-0.15, -0.1) is 10.2 Å². The number of rotatable bonds is 5. The second-order valence-corrected chi connectivity index (χ2v) is 7.00. The van der Waals surface area contributed by atoms with Gasteiger partial charge in [-0.25, -0.2) is 0 Å². The monoisotopic (exact) mass is 392 g/mol. The van der Waals surface area contributed by atoms with Crippen molar-refractivity contribution in [2.75, 3.05) is 11.1 Å². The van der Waals surface area contributed by atoms with Gasteiger partial charge < -0.3 is 5.32 Å². The van der Waals surface area contributed by atoms with Crippen molar-refractivity contribution >= 4 is 46.6 Å². The summed E-state index contributed by atoms with van der Waals surface area (Å²) in [4.78, 5) is 12.2.